The molecule has 0 heterocycles. The topological polar surface area (TPSA) is 140 Å². The van der Waals surface area contributed by atoms with Crippen molar-refractivity contribution in [3.8, 4) is 11.5 Å². The van der Waals surface area contributed by atoms with Crippen LogP contribution in [0.2, 0.25) is 0 Å². The van der Waals surface area contributed by atoms with E-state index < -0.39 is 53.8 Å². The van der Waals surface area contributed by atoms with Crippen molar-refractivity contribution < 1.29 is 42.9 Å². The SMILES string of the molecule is CCC(C)(C)OC(=O)OC(C)[C@H](C)OC(=O)[C@@H](N)Cc1ccc(OC(=O)C(C)C)c(OC(=O)C(C)C)c1. The second-order valence-corrected chi connectivity index (χ2v) is 10.2. The summed E-state index contributed by atoms with van der Waals surface area (Å²) in [6.45, 7) is 15.3. The lowest BCUT2D eigenvalue weighted by atomic mass is 10.1. The molecule has 3 atom stereocenters. The number of hydrogen-bond donors (Lipinski definition) is 1. The maximum atomic E-state index is 12.6. The van der Waals surface area contributed by atoms with E-state index in [1.54, 1.807) is 61.5 Å². The molecule has 10 heteroatoms. The molecule has 0 aliphatic rings. The first-order valence-corrected chi connectivity index (χ1v) is 12.5. The maximum absolute atomic E-state index is 12.6. The Morgan fingerprint density at radius 2 is 1.32 bits per heavy atom. The summed E-state index contributed by atoms with van der Waals surface area (Å²) in [6.07, 6.45) is -1.74. The maximum Gasteiger partial charge on any atom is 0.509 e. The van der Waals surface area contributed by atoms with Gasteiger partial charge in [-0.25, -0.2) is 4.79 Å². The lowest BCUT2D eigenvalue weighted by molar-refractivity contribution is -0.156. The molecule has 37 heavy (non-hydrogen) atoms. The highest BCUT2D eigenvalue weighted by atomic mass is 16.7. The van der Waals surface area contributed by atoms with Gasteiger partial charge in [0, 0.05) is 0 Å². The number of carbonyl (C=O) groups excluding carboxylic acids is 4. The van der Waals surface area contributed by atoms with Crippen molar-refractivity contribution in [2.45, 2.75) is 99.0 Å². The predicted molar refractivity (Wildman–Crippen MR) is 136 cm³/mol. The van der Waals surface area contributed by atoms with Crippen molar-refractivity contribution in [2.24, 2.45) is 17.6 Å². The summed E-state index contributed by atoms with van der Waals surface area (Å²) >= 11 is 0. The monoisotopic (exact) mass is 523 g/mol. The fourth-order valence-electron chi connectivity index (χ4n) is 2.57. The molecule has 0 bridgehead atoms. The van der Waals surface area contributed by atoms with Crippen molar-refractivity contribution >= 4 is 24.1 Å². The van der Waals surface area contributed by atoms with Crippen molar-refractivity contribution in [1.29, 1.82) is 0 Å². The zero-order chi connectivity index (χ0) is 28.5. The predicted octanol–water partition coefficient (Wildman–Crippen LogP) is 4.34. The van der Waals surface area contributed by atoms with E-state index in [9.17, 15) is 19.2 Å². The van der Waals surface area contributed by atoms with Gasteiger partial charge in [0.1, 0.15) is 23.9 Å². The number of hydrogen-bond acceptors (Lipinski definition) is 10. The van der Waals surface area contributed by atoms with Crippen LogP contribution in [0.5, 0.6) is 11.5 Å². The summed E-state index contributed by atoms with van der Waals surface area (Å²) in [4.78, 5) is 48.8. The van der Waals surface area contributed by atoms with Crippen molar-refractivity contribution in [2.75, 3.05) is 0 Å². The van der Waals surface area contributed by atoms with Crippen LogP contribution < -0.4 is 15.2 Å². The molecule has 0 aliphatic heterocycles. The zero-order valence-electron chi connectivity index (χ0n) is 23.3. The summed E-state index contributed by atoms with van der Waals surface area (Å²) in [6, 6.07) is 3.54. The molecular weight excluding hydrogens is 482 g/mol. The molecule has 208 valence electrons. The van der Waals surface area contributed by atoms with E-state index in [1.807, 2.05) is 6.92 Å². The van der Waals surface area contributed by atoms with Gasteiger partial charge in [0.25, 0.3) is 0 Å². The number of rotatable bonds is 12. The van der Waals surface area contributed by atoms with Gasteiger partial charge in [0.15, 0.2) is 11.5 Å². The van der Waals surface area contributed by atoms with Gasteiger partial charge in [-0.3, -0.25) is 14.4 Å². The smallest absolute Gasteiger partial charge is 0.458 e. The first-order valence-electron chi connectivity index (χ1n) is 12.5. The lowest BCUT2D eigenvalue weighted by Crippen LogP contribution is -2.40. The first kappa shape index (κ1) is 31.9. The van der Waals surface area contributed by atoms with Crippen molar-refractivity contribution in [1.82, 2.24) is 0 Å². The summed E-state index contributed by atoms with van der Waals surface area (Å²) in [5.74, 6) is -2.36. The van der Waals surface area contributed by atoms with Crippen LogP contribution in [0.3, 0.4) is 0 Å². The van der Waals surface area contributed by atoms with Gasteiger partial charge < -0.3 is 29.4 Å². The van der Waals surface area contributed by atoms with Crippen LogP contribution in [0.25, 0.3) is 0 Å². The average molecular weight is 524 g/mol. The molecule has 1 unspecified atom stereocenters. The molecule has 2 N–H and O–H groups in total. The summed E-state index contributed by atoms with van der Waals surface area (Å²) < 4.78 is 26.6. The van der Waals surface area contributed by atoms with E-state index in [0.717, 1.165) is 0 Å². The molecule has 0 radical (unpaired) electrons. The second kappa shape index (κ2) is 14.0. The Morgan fingerprint density at radius 3 is 1.84 bits per heavy atom. The minimum Gasteiger partial charge on any atom is -0.458 e. The van der Waals surface area contributed by atoms with Gasteiger partial charge in [-0.05, 0) is 58.2 Å². The number of benzene rings is 1. The summed E-state index contributed by atoms with van der Waals surface area (Å²) in [5, 5.41) is 0. The molecule has 0 aliphatic carbocycles. The van der Waals surface area contributed by atoms with Gasteiger partial charge in [0.05, 0.1) is 11.8 Å². The molecule has 0 saturated heterocycles. The summed E-state index contributed by atoms with van der Waals surface area (Å²) in [5.41, 5.74) is 5.94. The fraction of sp³-hybridized carbons (Fsp3) is 0.630. The molecule has 1 aromatic carbocycles. The fourth-order valence-corrected chi connectivity index (χ4v) is 2.57. The van der Waals surface area contributed by atoms with Crippen LogP contribution in [0.15, 0.2) is 18.2 Å². The molecule has 0 amide bonds. The molecule has 1 aromatic rings. The molecule has 1 rings (SSSR count). The average Bonchev–Trinajstić information content (AvgIpc) is 2.79. The molecular formula is C27H41NO9. The Morgan fingerprint density at radius 1 is 0.811 bits per heavy atom. The van der Waals surface area contributed by atoms with Crippen molar-refractivity contribution in [3.05, 3.63) is 23.8 Å². The molecule has 0 saturated carbocycles. The van der Waals surface area contributed by atoms with Gasteiger partial charge in [-0.1, -0.05) is 40.7 Å². The van der Waals surface area contributed by atoms with Gasteiger partial charge >= 0.3 is 24.1 Å². The molecule has 0 spiro atoms. The van der Waals surface area contributed by atoms with E-state index in [4.69, 9.17) is 29.4 Å². The normalized spacial score (nSPS) is 13.9. The van der Waals surface area contributed by atoms with Crippen molar-refractivity contribution in [3.63, 3.8) is 0 Å². The third-order valence-electron chi connectivity index (χ3n) is 5.59. The molecule has 0 aromatic heterocycles. The van der Waals surface area contributed by atoms with E-state index in [-0.39, 0.29) is 23.8 Å². The standard InChI is InChI=1S/C27H41NO9/c1-10-27(8,9)37-26(32)34-18(7)17(6)33-25(31)20(28)13-19-11-12-21(35-23(29)15(2)3)22(14-19)36-24(30)16(4)5/h11-12,14-18,20H,10,13,28H2,1-9H3/t17-,18?,20-/m0/s1. The van der Waals surface area contributed by atoms with E-state index in [0.29, 0.717) is 12.0 Å². The Kier molecular flexibility index (Phi) is 12.0. The van der Waals surface area contributed by atoms with Crippen LogP contribution in [-0.2, 0) is 35.0 Å². The minimum atomic E-state index is -1.06. The highest BCUT2D eigenvalue weighted by molar-refractivity contribution is 5.78. The largest absolute Gasteiger partial charge is 0.509 e. The van der Waals surface area contributed by atoms with Gasteiger partial charge in [-0.15, -0.1) is 0 Å². The summed E-state index contributed by atoms with van der Waals surface area (Å²) in [7, 11) is 0. The number of ether oxygens (including phenoxy) is 5. The van der Waals surface area contributed by atoms with Crippen LogP contribution in [0.1, 0.15) is 74.3 Å². The van der Waals surface area contributed by atoms with Crippen LogP contribution in [0.4, 0.5) is 4.79 Å². The minimum absolute atomic E-state index is 0.0506. The van der Waals surface area contributed by atoms with E-state index in [1.165, 1.54) is 12.1 Å². The Balaban J connectivity index is 2.87. The number of esters is 3. The Bertz CT molecular complexity index is 955. The van der Waals surface area contributed by atoms with Crippen LogP contribution in [-0.4, -0.2) is 47.9 Å². The molecule has 0 fully saturated rings. The Labute approximate surface area is 219 Å². The highest BCUT2D eigenvalue weighted by Crippen LogP contribution is 2.30. The third-order valence-corrected chi connectivity index (χ3v) is 5.59. The highest BCUT2D eigenvalue weighted by Gasteiger charge is 2.28. The van der Waals surface area contributed by atoms with Crippen LogP contribution >= 0.6 is 0 Å². The quantitative estimate of drug-likeness (QED) is 0.311. The third kappa shape index (κ3) is 10.8. The van der Waals surface area contributed by atoms with E-state index in [2.05, 4.69) is 0 Å². The first-order chi connectivity index (χ1) is 17.1. The van der Waals surface area contributed by atoms with Gasteiger partial charge in [-0.2, -0.15) is 0 Å². The number of carbonyl (C=O) groups is 4. The second-order valence-electron chi connectivity index (χ2n) is 10.2. The zero-order valence-corrected chi connectivity index (χ0v) is 23.3. The molecule has 10 nitrogen and oxygen atoms in total. The van der Waals surface area contributed by atoms with Crippen LogP contribution in [0, 0.1) is 11.8 Å². The Hall–Kier alpha value is -3.14. The lowest BCUT2D eigenvalue weighted by Gasteiger charge is -2.26. The van der Waals surface area contributed by atoms with E-state index >= 15 is 0 Å². The number of nitrogens with two attached hydrogens (primary N) is 1. The van der Waals surface area contributed by atoms with Gasteiger partial charge in [0.2, 0.25) is 0 Å².